The summed E-state index contributed by atoms with van der Waals surface area (Å²) in [6, 6.07) is 15.1. The molecule has 0 bridgehead atoms. The van der Waals surface area contributed by atoms with Crippen molar-refractivity contribution in [2.45, 2.75) is 6.92 Å². The molecule has 3 aromatic rings. The van der Waals surface area contributed by atoms with E-state index in [1.54, 1.807) is 24.3 Å². The summed E-state index contributed by atoms with van der Waals surface area (Å²) in [5, 5.41) is 3.80. The fraction of sp³-hybridized carbons (Fsp3) is 0.0952. The first-order valence-electron chi connectivity index (χ1n) is 8.64. The summed E-state index contributed by atoms with van der Waals surface area (Å²) in [6.07, 6.45) is 3.91. The van der Waals surface area contributed by atoms with Gasteiger partial charge in [-0.05, 0) is 36.4 Å². The number of benzene rings is 2. The lowest BCUT2D eigenvalue weighted by molar-refractivity contribution is -0.114. The molecule has 0 aliphatic carbocycles. The average Bonchev–Trinajstić information content (AvgIpc) is 3.12. The number of aromatic nitrogens is 1. The molecule has 5 nitrogen and oxygen atoms in total. The molecule has 0 radical (unpaired) electrons. The fourth-order valence-electron chi connectivity index (χ4n) is 3.22. The van der Waals surface area contributed by atoms with Gasteiger partial charge in [0.25, 0.3) is 5.91 Å². The molecular formula is C21H17N3O2S2. The van der Waals surface area contributed by atoms with Crippen LogP contribution in [0.3, 0.4) is 0 Å². The highest BCUT2D eigenvalue weighted by molar-refractivity contribution is 8.27. The minimum atomic E-state index is -0.143. The van der Waals surface area contributed by atoms with E-state index in [9.17, 15) is 9.59 Å². The Balaban J connectivity index is 1.65. The number of anilines is 2. The van der Waals surface area contributed by atoms with Gasteiger partial charge in [0.05, 0.1) is 10.6 Å². The van der Waals surface area contributed by atoms with Gasteiger partial charge in [-0.1, -0.05) is 42.2 Å². The van der Waals surface area contributed by atoms with Crippen LogP contribution in [0.4, 0.5) is 11.4 Å². The molecule has 0 saturated carbocycles. The number of amides is 2. The quantitative estimate of drug-likeness (QED) is 0.511. The van der Waals surface area contributed by atoms with Gasteiger partial charge >= 0.3 is 0 Å². The van der Waals surface area contributed by atoms with Crippen molar-refractivity contribution in [3.05, 3.63) is 65.2 Å². The van der Waals surface area contributed by atoms with Gasteiger partial charge in [0.1, 0.15) is 0 Å². The van der Waals surface area contributed by atoms with E-state index in [-0.39, 0.29) is 11.8 Å². The van der Waals surface area contributed by atoms with Crippen LogP contribution in [-0.4, -0.2) is 20.7 Å². The van der Waals surface area contributed by atoms with Crippen LogP contribution < -0.4 is 10.2 Å². The summed E-state index contributed by atoms with van der Waals surface area (Å²) < 4.78 is 2.53. The van der Waals surface area contributed by atoms with Gasteiger partial charge in [-0.3, -0.25) is 14.5 Å². The molecule has 0 spiro atoms. The van der Waals surface area contributed by atoms with E-state index in [1.165, 1.54) is 23.6 Å². The molecule has 7 heteroatoms. The number of carbonyl (C=O) groups excluding carboxylic acids is 2. The van der Waals surface area contributed by atoms with Crippen LogP contribution in [-0.2, 0) is 16.6 Å². The molecule has 1 aliphatic rings. The van der Waals surface area contributed by atoms with Crippen molar-refractivity contribution in [1.29, 1.82) is 0 Å². The maximum atomic E-state index is 13.0. The van der Waals surface area contributed by atoms with E-state index < -0.39 is 0 Å². The second-order valence-corrected chi connectivity index (χ2v) is 8.13. The predicted octanol–water partition coefficient (Wildman–Crippen LogP) is 4.54. The van der Waals surface area contributed by atoms with Crippen molar-refractivity contribution in [2.24, 2.45) is 7.05 Å². The van der Waals surface area contributed by atoms with E-state index >= 15 is 0 Å². The van der Waals surface area contributed by atoms with Gasteiger partial charge in [0.15, 0.2) is 4.32 Å². The lowest BCUT2D eigenvalue weighted by Gasteiger charge is -2.15. The van der Waals surface area contributed by atoms with E-state index in [0.717, 1.165) is 16.5 Å². The molecule has 2 heterocycles. The molecule has 2 aromatic carbocycles. The molecule has 28 heavy (non-hydrogen) atoms. The molecule has 1 aliphatic heterocycles. The SMILES string of the molecule is CC(=O)Nc1ccc(N2C(=O)/C(=C/c3cn(C)c4ccccc34)SC2=S)cc1. The topological polar surface area (TPSA) is 54.3 Å². The fourth-order valence-corrected chi connectivity index (χ4v) is 4.51. The van der Waals surface area contributed by atoms with Crippen LogP contribution in [0, 0.1) is 0 Å². The molecule has 1 N–H and O–H groups in total. The first-order valence-corrected chi connectivity index (χ1v) is 9.86. The summed E-state index contributed by atoms with van der Waals surface area (Å²) in [6.45, 7) is 1.45. The Bertz CT molecular complexity index is 1150. The number of rotatable bonds is 3. The zero-order valence-corrected chi connectivity index (χ0v) is 16.9. The molecule has 1 aromatic heterocycles. The van der Waals surface area contributed by atoms with Crippen molar-refractivity contribution < 1.29 is 9.59 Å². The normalized spacial score (nSPS) is 15.6. The van der Waals surface area contributed by atoms with Gasteiger partial charge in [-0.15, -0.1) is 0 Å². The third-order valence-electron chi connectivity index (χ3n) is 4.45. The number of hydrogen-bond acceptors (Lipinski definition) is 4. The highest BCUT2D eigenvalue weighted by Gasteiger charge is 2.33. The Hall–Kier alpha value is -2.90. The van der Waals surface area contributed by atoms with Crippen molar-refractivity contribution >= 4 is 68.5 Å². The van der Waals surface area contributed by atoms with Crippen LogP contribution in [0.2, 0.25) is 0 Å². The van der Waals surface area contributed by atoms with Crippen LogP contribution >= 0.6 is 24.0 Å². The summed E-state index contributed by atoms with van der Waals surface area (Å²) in [5.41, 5.74) is 3.45. The van der Waals surface area contributed by atoms with Gasteiger partial charge in [-0.25, -0.2) is 0 Å². The Morgan fingerprint density at radius 3 is 2.57 bits per heavy atom. The monoisotopic (exact) mass is 407 g/mol. The first-order chi connectivity index (χ1) is 13.4. The van der Waals surface area contributed by atoms with E-state index in [4.69, 9.17) is 12.2 Å². The number of aryl methyl sites for hydroxylation is 1. The number of para-hydroxylation sites is 1. The summed E-state index contributed by atoms with van der Waals surface area (Å²) in [4.78, 5) is 26.3. The number of thioether (sulfide) groups is 1. The zero-order valence-electron chi connectivity index (χ0n) is 15.3. The summed E-state index contributed by atoms with van der Waals surface area (Å²) >= 11 is 6.74. The third kappa shape index (κ3) is 3.34. The van der Waals surface area contributed by atoms with Gasteiger partial charge in [0.2, 0.25) is 5.91 Å². The molecular weight excluding hydrogens is 390 g/mol. The number of nitrogens with zero attached hydrogens (tertiary/aromatic N) is 2. The van der Waals surface area contributed by atoms with Gasteiger partial charge < -0.3 is 9.88 Å². The van der Waals surface area contributed by atoms with Crippen LogP contribution in [0.5, 0.6) is 0 Å². The predicted molar refractivity (Wildman–Crippen MR) is 119 cm³/mol. The lowest BCUT2D eigenvalue weighted by atomic mass is 10.1. The Kier molecular flexibility index (Phi) is 4.78. The second kappa shape index (κ2) is 7.26. The summed E-state index contributed by atoms with van der Waals surface area (Å²) in [7, 11) is 1.99. The van der Waals surface area contributed by atoms with E-state index in [2.05, 4.69) is 11.4 Å². The molecule has 2 amide bonds. The Labute approximate surface area is 172 Å². The molecule has 1 fully saturated rings. The number of thiocarbonyl (C=S) groups is 1. The number of fused-ring (bicyclic) bond motifs is 1. The van der Waals surface area contributed by atoms with Crippen molar-refractivity contribution in [3.63, 3.8) is 0 Å². The maximum absolute atomic E-state index is 13.0. The van der Waals surface area contributed by atoms with E-state index in [0.29, 0.717) is 20.6 Å². The second-order valence-electron chi connectivity index (χ2n) is 6.46. The number of nitrogens with one attached hydrogen (secondary N) is 1. The van der Waals surface area contributed by atoms with Gasteiger partial charge in [0, 0.05) is 42.3 Å². The standard InChI is InChI=1S/C21H17N3O2S2/c1-13(25)22-15-7-9-16(10-8-15)24-20(26)19(28-21(24)27)11-14-12-23(2)18-6-4-3-5-17(14)18/h3-12H,1-2H3,(H,22,25)/b19-11-. The third-order valence-corrected chi connectivity index (χ3v) is 5.76. The lowest BCUT2D eigenvalue weighted by Crippen LogP contribution is -2.27. The molecule has 4 rings (SSSR count). The number of carbonyl (C=O) groups is 2. The van der Waals surface area contributed by atoms with Crippen molar-refractivity contribution in [3.8, 4) is 0 Å². The molecule has 1 saturated heterocycles. The van der Waals surface area contributed by atoms with Crippen LogP contribution in [0.15, 0.2) is 59.6 Å². The summed E-state index contributed by atoms with van der Waals surface area (Å²) in [5.74, 6) is -0.286. The van der Waals surface area contributed by atoms with E-state index in [1.807, 2.05) is 42.1 Å². The first kappa shape index (κ1) is 18.5. The highest BCUT2D eigenvalue weighted by atomic mass is 32.2. The van der Waals surface area contributed by atoms with Crippen LogP contribution in [0.25, 0.3) is 17.0 Å². The minimum absolute atomic E-state index is 0.142. The Morgan fingerprint density at radius 1 is 1.14 bits per heavy atom. The molecule has 0 atom stereocenters. The highest BCUT2D eigenvalue weighted by Crippen LogP contribution is 2.37. The molecule has 0 unspecified atom stereocenters. The maximum Gasteiger partial charge on any atom is 0.270 e. The van der Waals surface area contributed by atoms with Crippen molar-refractivity contribution in [1.82, 2.24) is 4.57 Å². The van der Waals surface area contributed by atoms with Crippen molar-refractivity contribution in [2.75, 3.05) is 10.2 Å². The number of hydrogen-bond donors (Lipinski definition) is 1. The van der Waals surface area contributed by atoms with Gasteiger partial charge in [-0.2, -0.15) is 0 Å². The molecule has 140 valence electrons. The Morgan fingerprint density at radius 2 is 1.86 bits per heavy atom. The smallest absolute Gasteiger partial charge is 0.270 e. The zero-order chi connectivity index (χ0) is 19.8. The van der Waals surface area contributed by atoms with Crippen LogP contribution in [0.1, 0.15) is 12.5 Å². The largest absolute Gasteiger partial charge is 0.350 e. The minimum Gasteiger partial charge on any atom is -0.350 e. The average molecular weight is 408 g/mol.